The summed E-state index contributed by atoms with van der Waals surface area (Å²) in [6, 6.07) is 23.2. The number of rotatable bonds is 9. The quantitative estimate of drug-likeness (QED) is 0.0965. The number of fused-ring (bicyclic) bond motifs is 1. The van der Waals surface area contributed by atoms with E-state index < -0.39 is 23.6 Å². The van der Waals surface area contributed by atoms with Gasteiger partial charge in [0.05, 0.1) is 18.9 Å². The molecule has 0 saturated heterocycles. The molecule has 0 aliphatic carbocycles. The number of ether oxygens (including phenoxy) is 4. The number of amides is 2. The smallest absolute Gasteiger partial charge is 0.343 e. The van der Waals surface area contributed by atoms with Crippen LogP contribution in [0.25, 0.3) is 6.08 Å². The van der Waals surface area contributed by atoms with Gasteiger partial charge in [-0.25, -0.2) is 14.6 Å². The van der Waals surface area contributed by atoms with E-state index in [0.29, 0.717) is 28.2 Å². The van der Waals surface area contributed by atoms with Gasteiger partial charge in [-0.3, -0.25) is 9.59 Å². The molecule has 0 unspecified atom stereocenters. The summed E-state index contributed by atoms with van der Waals surface area (Å²) < 4.78 is 34.9. The maximum Gasteiger partial charge on any atom is 0.343 e. The average molecular weight is 582 g/mol. The molecule has 2 amide bonds. The third kappa shape index (κ3) is 7.22. The molecule has 0 fully saturated rings. The van der Waals surface area contributed by atoms with Gasteiger partial charge in [-0.05, 0) is 77.9 Å². The second-order valence-electron chi connectivity index (χ2n) is 9.00. The number of methoxy groups -OCH3 is 1. The first kappa shape index (κ1) is 28.6. The fraction of sp³-hybridized carbons (Fsp3) is 0.0625. The van der Waals surface area contributed by atoms with Crippen LogP contribution < -0.4 is 29.7 Å². The first-order valence-corrected chi connectivity index (χ1v) is 12.9. The first-order valence-electron chi connectivity index (χ1n) is 12.9. The van der Waals surface area contributed by atoms with Gasteiger partial charge in [0.2, 0.25) is 6.79 Å². The zero-order valence-electron chi connectivity index (χ0n) is 22.7. The van der Waals surface area contributed by atoms with Gasteiger partial charge in [0.1, 0.15) is 11.5 Å². The van der Waals surface area contributed by atoms with Crippen LogP contribution in [0.3, 0.4) is 0 Å². The summed E-state index contributed by atoms with van der Waals surface area (Å²) in [5.74, 6) is -1.10. The van der Waals surface area contributed by atoms with Crippen molar-refractivity contribution >= 4 is 30.1 Å². The van der Waals surface area contributed by atoms with E-state index in [9.17, 15) is 18.8 Å². The van der Waals surface area contributed by atoms with Crippen molar-refractivity contribution in [1.82, 2.24) is 10.7 Å². The highest BCUT2D eigenvalue weighted by atomic mass is 19.1. The van der Waals surface area contributed by atoms with Gasteiger partial charge in [0.25, 0.3) is 11.8 Å². The number of esters is 1. The standard InChI is InChI=1S/C32H24FN3O7/c1-40-28-16-21(11-13-27(28)43-32(39)23-8-5-9-24(33)17-23)18-34-36-31(38)25(35-30(37)22-6-3-2-4-7-22)14-20-10-12-26-29(15-20)42-19-41-26/h2-18H,19H2,1H3,(H,35,37)(H,36,38)/b25-14-,34-18+. The van der Waals surface area contributed by atoms with Crippen molar-refractivity contribution in [1.29, 1.82) is 0 Å². The van der Waals surface area contributed by atoms with Gasteiger partial charge in [0.15, 0.2) is 23.0 Å². The molecule has 0 atom stereocenters. The lowest BCUT2D eigenvalue weighted by Gasteiger charge is -2.10. The minimum atomic E-state index is -0.759. The molecule has 4 aromatic rings. The van der Waals surface area contributed by atoms with E-state index in [1.165, 1.54) is 49.7 Å². The van der Waals surface area contributed by atoms with Crippen LogP contribution in [0.5, 0.6) is 23.0 Å². The first-order chi connectivity index (χ1) is 20.9. The van der Waals surface area contributed by atoms with Crippen LogP contribution in [0.2, 0.25) is 0 Å². The molecule has 1 aliphatic heterocycles. The molecule has 43 heavy (non-hydrogen) atoms. The second kappa shape index (κ2) is 13.1. The van der Waals surface area contributed by atoms with Crippen molar-refractivity contribution in [3.05, 3.63) is 125 Å². The number of nitrogens with one attached hydrogen (secondary N) is 2. The summed E-state index contributed by atoms with van der Waals surface area (Å²) in [7, 11) is 1.39. The summed E-state index contributed by atoms with van der Waals surface area (Å²) in [5, 5.41) is 6.63. The molecule has 1 heterocycles. The molecule has 0 spiro atoms. The Morgan fingerprint density at radius 3 is 2.40 bits per heavy atom. The molecule has 10 nitrogen and oxygen atoms in total. The minimum Gasteiger partial charge on any atom is -0.493 e. The van der Waals surface area contributed by atoms with E-state index in [1.54, 1.807) is 54.6 Å². The van der Waals surface area contributed by atoms with E-state index >= 15 is 0 Å². The molecule has 11 heteroatoms. The number of hydrogen-bond acceptors (Lipinski definition) is 8. The SMILES string of the molecule is COc1cc(/C=N/NC(=O)/C(=C/c2ccc3c(c2)OCO3)NC(=O)c2ccccc2)ccc1OC(=O)c1cccc(F)c1. The Morgan fingerprint density at radius 2 is 1.60 bits per heavy atom. The van der Waals surface area contributed by atoms with E-state index in [0.717, 1.165) is 6.07 Å². The molecule has 4 aromatic carbocycles. The van der Waals surface area contributed by atoms with Crippen molar-refractivity contribution in [2.24, 2.45) is 5.10 Å². The van der Waals surface area contributed by atoms with Crippen LogP contribution >= 0.6 is 0 Å². The average Bonchev–Trinajstić information content (AvgIpc) is 3.49. The zero-order valence-corrected chi connectivity index (χ0v) is 22.7. The van der Waals surface area contributed by atoms with Crippen molar-refractivity contribution < 1.29 is 37.7 Å². The van der Waals surface area contributed by atoms with E-state index in [1.807, 2.05) is 0 Å². The lowest BCUT2D eigenvalue weighted by Crippen LogP contribution is -2.32. The highest BCUT2D eigenvalue weighted by molar-refractivity contribution is 6.05. The summed E-state index contributed by atoms with van der Waals surface area (Å²) in [6.45, 7) is 0.0938. The van der Waals surface area contributed by atoms with E-state index in [-0.39, 0.29) is 29.6 Å². The molecule has 0 radical (unpaired) electrons. The van der Waals surface area contributed by atoms with Crippen LogP contribution in [0, 0.1) is 5.82 Å². The molecule has 0 saturated carbocycles. The van der Waals surface area contributed by atoms with Gasteiger partial charge >= 0.3 is 5.97 Å². The Hall–Kier alpha value is -5.97. The number of hydrazone groups is 1. The van der Waals surface area contributed by atoms with Crippen molar-refractivity contribution in [2.75, 3.05) is 13.9 Å². The van der Waals surface area contributed by atoms with Gasteiger partial charge in [-0.1, -0.05) is 30.3 Å². The van der Waals surface area contributed by atoms with Gasteiger partial charge < -0.3 is 24.3 Å². The molecule has 0 aromatic heterocycles. The molecule has 5 rings (SSSR count). The number of halogens is 1. The lowest BCUT2D eigenvalue weighted by atomic mass is 10.1. The highest BCUT2D eigenvalue weighted by Crippen LogP contribution is 2.33. The Labute approximate surface area is 245 Å². The van der Waals surface area contributed by atoms with Crippen molar-refractivity contribution in [2.45, 2.75) is 0 Å². The molecular formula is C32H24FN3O7. The predicted molar refractivity (Wildman–Crippen MR) is 155 cm³/mol. The van der Waals surface area contributed by atoms with Gasteiger partial charge in [-0.2, -0.15) is 5.10 Å². The monoisotopic (exact) mass is 581 g/mol. The highest BCUT2D eigenvalue weighted by Gasteiger charge is 2.17. The lowest BCUT2D eigenvalue weighted by molar-refractivity contribution is -0.117. The van der Waals surface area contributed by atoms with E-state index in [2.05, 4.69) is 15.8 Å². The number of carbonyl (C=O) groups excluding carboxylic acids is 3. The zero-order chi connectivity index (χ0) is 30.2. The van der Waals surface area contributed by atoms with Crippen LogP contribution in [0.4, 0.5) is 4.39 Å². The number of benzene rings is 4. The molecule has 0 bridgehead atoms. The summed E-state index contributed by atoms with van der Waals surface area (Å²) in [4.78, 5) is 38.4. The van der Waals surface area contributed by atoms with Crippen molar-refractivity contribution in [3.63, 3.8) is 0 Å². The second-order valence-corrected chi connectivity index (χ2v) is 9.00. The van der Waals surface area contributed by atoms with Crippen LogP contribution in [-0.2, 0) is 4.79 Å². The fourth-order valence-electron chi connectivity index (χ4n) is 3.96. The summed E-state index contributed by atoms with van der Waals surface area (Å²) in [6.07, 6.45) is 2.83. The third-order valence-electron chi connectivity index (χ3n) is 6.07. The predicted octanol–water partition coefficient (Wildman–Crippen LogP) is 4.70. The minimum absolute atomic E-state index is 0.0411. The maximum atomic E-state index is 13.5. The van der Waals surface area contributed by atoms with Gasteiger partial charge in [0, 0.05) is 5.56 Å². The number of hydrogen-bond donors (Lipinski definition) is 2. The normalized spacial score (nSPS) is 12.1. The summed E-state index contributed by atoms with van der Waals surface area (Å²) >= 11 is 0. The van der Waals surface area contributed by atoms with Crippen LogP contribution in [0.15, 0.2) is 102 Å². The van der Waals surface area contributed by atoms with Crippen LogP contribution in [0.1, 0.15) is 31.8 Å². The molecule has 216 valence electrons. The Morgan fingerprint density at radius 1 is 0.837 bits per heavy atom. The van der Waals surface area contributed by atoms with Crippen molar-refractivity contribution in [3.8, 4) is 23.0 Å². The van der Waals surface area contributed by atoms with Crippen LogP contribution in [-0.4, -0.2) is 37.9 Å². The maximum absolute atomic E-state index is 13.5. The van der Waals surface area contributed by atoms with E-state index in [4.69, 9.17) is 18.9 Å². The van der Waals surface area contributed by atoms with Gasteiger partial charge in [-0.15, -0.1) is 0 Å². The molecule has 2 N–H and O–H groups in total. The number of carbonyl (C=O) groups is 3. The third-order valence-corrected chi connectivity index (χ3v) is 6.07. The molecule has 1 aliphatic rings. The largest absolute Gasteiger partial charge is 0.493 e. The Kier molecular flexibility index (Phi) is 8.72. The summed E-state index contributed by atoms with van der Waals surface area (Å²) in [5.41, 5.74) is 3.82. The molecular weight excluding hydrogens is 557 g/mol. The number of nitrogens with zero attached hydrogens (tertiary/aromatic N) is 1. The Bertz CT molecular complexity index is 1740. The Balaban J connectivity index is 1.31. The fourth-order valence-corrected chi connectivity index (χ4v) is 3.96. The topological polar surface area (TPSA) is 125 Å².